The van der Waals surface area contributed by atoms with Crippen molar-refractivity contribution in [2.45, 2.75) is 27.7 Å². The summed E-state index contributed by atoms with van der Waals surface area (Å²) >= 11 is 0. The first kappa shape index (κ1) is 17.7. The minimum atomic E-state index is -0.0383. The molecular weight excluding hydrogens is 320 g/mol. The third-order valence-electron chi connectivity index (χ3n) is 4.82. The Morgan fingerprint density at radius 1 is 0.692 bits per heavy atom. The molecule has 0 saturated carbocycles. The average Bonchev–Trinajstić information content (AvgIpc) is 2.66. The molecule has 0 unspecified atom stereocenters. The molecule has 3 heteroatoms. The molecule has 0 radical (unpaired) electrons. The minimum absolute atomic E-state index is 0.0383. The number of hydrogen-bond donors (Lipinski definition) is 0. The Hall–Kier alpha value is -3.07. The van der Waals surface area contributed by atoms with Crippen LogP contribution in [0, 0.1) is 27.7 Å². The second kappa shape index (κ2) is 7.44. The summed E-state index contributed by atoms with van der Waals surface area (Å²) in [5, 5.41) is 8.94. The van der Waals surface area contributed by atoms with Crippen LogP contribution in [0.1, 0.15) is 38.2 Å². The van der Waals surface area contributed by atoms with E-state index in [1.54, 1.807) is 0 Å². The average molecular weight is 342 g/mol. The van der Waals surface area contributed by atoms with Crippen LogP contribution in [0.2, 0.25) is 0 Å². The molecule has 3 nitrogen and oxygen atoms in total. The summed E-state index contributed by atoms with van der Waals surface area (Å²) < 4.78 is 0. The SMILES string of the molecule is Cc1cccc(N=Nc2c(C(=O)c3ccccc3)ccc(C)c2C)c1C. The number of azo groups is 1. The maximum absolute atomic E-state index is 13.0. The zero-order valence-corrected chi connectivity index (χ0v) is 15.6. The highest BCUT2D eigenvalue weighted by Crippen LogP contribution is 2.31. The Labute approximate surface area is 154 Å². The molecule has 0 aliphatic rings. The monoisotopic (exact) mass is 342 g/mol. The summed E-state index contributed by atoms with van der Waals surface area (Å²) in [6.07, 6.45) is 0. The van der Waals surface area contributed by atoms with Crippen molar-refractivity contribution in [1.82, 2.24) is 0 Å². The van der Waals surface area contributed by atoms with Crippen LogP contribution in [0.25, 0.3) is 0 Å². The van der Waals surface area contributed by atoms with E-state index in [1.807, 2.05) is 75.4 Å². The zero-order valence-electron chi connectivity index (χ0n) is 15.6. The van der Waals surface area contributed by atoms with E-state index in [-0.39, 0.29) is 5.78 Å². The first-order valence-electron chi connectivity index (χ1n) is 8.67. The van der Waals surface area contributed by atoms with Gasteiger partial charge in [0.25, 0.3) is 0 Å². The molecule has 0 fully saturated rings. The summed E-state index contributed by atoms with van der Waals surface area (Å²) in [4.78, 5) is 13.0. The second-order valence-electron chi connectivity index (χ2n) is 6.52. The zero-order chi connectivity index (χ0) is 18.7. The molecule has 26 heavy (non-hydrogen) atoms. The Morgan fingerprint density at radius 2 is 1.38 bits per heavy atom. The molecule has 0 aliphatic carbocycles. The van der Waals surface area contributed by atoms with E-state index in [0.717, 1.165) is 22.4 Å². The van der Waals surface area contributed by atoms with Crippen molar-refractivity contribution in [3.05, 3.63) is 94.0 Å². The van der Waals surface area contributed by atoms with Crippen molar-refractivity contribution in [3.63, 3.8) is 0 Å². The van der Waals surface area contributed by atoms with Crippen LogP contribution in [0.3, 0.4) is 0 Å². The Kier molecular flexibility index (Phi) is 5.08. The molecule has 130 valence electrons. The van der Waals surface area contributed by atoms with E-state index in [9.17, 15) is 4.79 Å². The fourth-order valence-electron chi connectivity index (χ4n) is 2.81. The highest BCUT2D eigenvalue weighted by molar-refractivity contribution is 6.12. The number of ketones is 1. The van der Waals surface area contributed by atoms with Crippen LogP contribution in [0.15, 0.2) is 70.9 Å². The Balaban J connectivity index is 2.09. The topological polar surface area (TPSA) is 41.8 Å². The molecule has 0 aromatic heterocycles. The number of nitrogens with zero attached hydrogens (tertiary/aromatic N) is 2. The smallest absolute Gasteiger partial charge is 0.195 e. The van der Waals surface area contributed by atoms with Gasteiger partial charge in [0.2, 0.25) is 0 Å². The van der Waals surface area contributed by atoms with Crippen molar-refractivity contribution in [3.8, 4) is 0 Å². The summed E-state index contributed by atoms with van der Waals surface area (Å²) in [6, 6.07) is 19.0. The summed E-state index contributed by atoms with van der Waals surface area (Å²) in [6.45, 7) is 8.08. The second-order valence-corrected chi connectivity index (χ2v) is 6.52. The van der Waals surface area contributed by atoms with Crippen molar-refractivity contribution >= 4 is 17.2 Å². The molecule has 0 heterocycles. The van der Waals surface area contributed by atoms with Crippen molar-refractivity contribution in [2.24, 2.45) is 10.2 Å². The van der Waals surface area contributed by atoms with E-state index in [1.165, 1.54) is 5.56 Å². The molecule has 3 aromatic carbocycles. The standard InChI is InChI=1S/C23H22N2O/c1-15-9-8-12-21(17(15)3)24-25-22-18(4)16(2)13-14-20(22)23(26)19-10-6-5-7-11-19/h5-14H,1-4H3. The molecular formula is C23H22N2O. The van der Waals surface area contributed by atoms with Gasteiger partial charge >= 0.3 is 0 Å². The summed E-state index contributed by atoms with van der Waals surface area (Å²) in [5.41, 5.74) is 7.02. The van der Waals surface area contributed by atoms with E-state index in [2.05, 4.69) is 23.2 Å². The molecule has 3 aromatic rings. The van der Waals surface area contributed by atoms with Crippen molar-refractivity contribution < 1.29 is 4.79 Å². The van der Waals surface area contributed by atoms with Crippen LogP contribution in [-0.2, 0) is 0 Å². The van der Waals surface area contributed by atoms with Gasteiger partial charge < -0.3 is 0 Å². The normalized spacial score (nSPS) is 11.1. The molecule has 0 amide bonds. The number of carbonyl (C=O) groups excluding carboxylic acids is 1. The van der Waals surface area contributed by atoms with E-state index < -0.39 is 0 Å². The number of benzene rings is 3. The lowest BCUT2D eigenvalue weighted by atomic mass is 9.97. The number of rotatable bonds is 4. The minimum Gasteiger partial charge on any atom is -0.289 e. The molecule has 0 aliphatic heterocycles. The highest BCUT2D eigenvalue weighted by Gasteiger charge is 2.16. The molecule has 0 saturated heterocycles. The van der Waals surface area contributed by atoms with Gasteiger partial charge in [0.1, 0.15) is 5.69 Å². The molecule has 0 spiro atoms. The molecule has 0 atom stereocenters. The summed E-state index contributed by atoms with van der Waals surface area (Å²) in [5.74, 6) is -0.0383. The summed E-state index contributed by atoms with van der Waals surface area (Å²) in [7, 11) is 0. The third kappa shape index (κ3) is 3.47. The van der Waals surface area contributed by atoms with Gasteiger partial charge in [-0.15, -0.1) is 5.11 Å². The quantitative estimate of drug-likeness (QED) is 0.390. The van der Waals surface area contributed by atoms with Gasteiger partial charge in [-0.1, -0.05) is 48.5 Å². The lowest BCUT2D eigenvalue weighted by molar-refractivity contribution is 0.103. The van der Waals surface area contributed by atoms with Gasteiger partial charge in [-0.25, -0.2) is 0 Å². The van der Waals surface area contributed by atoms with Gasteiger partial charge in [-0.2, -0.15) is 5.11 Å². The molecule has 0 N–H and O–H groups in total. The van der Waals surface area contributed by atoms with Crippen molar-refractivity contribution in [1.29, 1.82) is 0 Å². The Bertz CT molecular complexity index is 989. The Morgan fingerprint density at radius 3 is 2.12 bits per heavy atom. The lowest BCUT2D eigenvalue weighted by Crippen LogP contribution is -2.03. The molecule has 3 rings (SSSR count). The number of aryl methyl sites for hydroxylation is 2. The number of hydrogen-bond acceptors (Lipinski definition) is 3. The number of carbonyl (C=O) groups is 1. The van der Waals surface area contributed by atoms with E-state index >= 15 is 0 Å². The van der Waals surface area contributed by atoms with Gasteiger partial charge in [-0.05, 0) is 62.1 Å². The maximum Gasteiger partial charge on any atom is 0.195 e. The first-order chi connectivity index (χ1) is 12.5. The fraction of sp³-hybridized carbons (Fsp3) is 0.174. The predicted octanol–water partition coefficient (Wildman–Crippen LogP) is 6.57. The lowest BCUT2D eigenvalue weighted by Gasteiger charge is -2.10. The van der Waals surface area contributed by atoms with E-state index in [0.29, 0.717) is 16.8 Å². The van der Waals surface area contributed by atoms with Crippen LogP contribution in [0.5, 0.6) is 0 Å². The maximum atomic E-state index is 13.0. The van der Waals surface area contributed by atoms with E-state index in [4.69, 9.17) is 0 Å². The highest BCUT2D eigenvalue weighted by atomic mass is 16.1. The first-order valence-corrected chi connectivity index (χ1v) is 8.67. The van der Waals surface area contributed by atoms with Crippen LogP contribution in [0.4, 0.5) is 11.4 Å². The third-order valence-corrected chi connectivity index (χ3v) is 4.82. The van der Waals surface area contributed by atoms with Gasteiger partial charge in [0.05, 0.1) is 11.3 Å². The van der Waals surface area contributed by atoms with Crippen LogP contribution < -0.4 is 0 Å². The van der Waals surface area contributed by atoms with Gasteiger partial charge in [-0.3, -0.25) is 4.79 Å². The van der Waals surface area contributed by atoms with Crippen LogP contribution >= 0.6 is 0 Å². The van der Waals surface area contributed by atoms with Crippen molar-refractivity contribution in [2.75, 3.05) is 0 Å². The fourth-order valence-corrected chi connectivity index (χ4v) is 2.81. The predicted molar refractivity (Wildman–Crippen MR) is 106 cm³/mol. The van der Waals surface area contributed by atoms with Crippen LogP contribution in [-0.4, -0.2) is 5.78 Å². The van der Waals surface area contributed by atoms with Gasteiger partial charge in [0.15, 0.2) is 5.78 Å². The largest absolute Gasteiger partial charge is 0.289 e. The molecule has 0 bridgehead atoms. The van der Waals surface area contributed by atoms with Gasteiger partial charge in [0, 0.05) is 5.56 Å².